The molecule has 1 aromatic heterocycles. The number of rotatable bonds is 5. The molecule has 0 spiro atoms. The highest BCUT2D eigenvalue weighted by molar-refractivity contribution is 7.99. The molecule has 0 amide bonds. The standard InChI is InChI=1S/C15H18N2O3S/c1-10(13-7-4-8-20-13)17-12-6-3-2-5-11(12)16-15(17)21-9-14(18)19/h2-3,5-6,10,13H,4,7-9H2,1H3,(H,18,19). The van der Waals surface area contributed by atoms with Crippen molar-refractivity contribution in [2.24, 2.45) is 0 Å². The minimum absolute atomic E-state index is 0.0154. The number of nitrogens with zero attached hydrogens (tertiary/aromatic N) is 2. The Hall–Kier alpha value is -1.53. The summed E-state index contributed by atoms with van der Waals surface area (Å²) in [5, 5.41) is 9.66. The Balaban J connectivity index is 1.99. The summed E-state index contributed by atoms with van der Waals surface area (Å²) in [6.07, 6.45) is 2.29. The van der Waals surface area contributed by atoms with Gasteiger partial charge in [0.05, 0.1) is 28.9 Å². The average Bonchev–Trinajstić information content (AvgIpc) is 3.11. The van der Waals surface area contributed by atoms with Gasteiger partial charge in [0, 0.05) is 6.61 Å². The molecule has 1 aliphatic heterocycles. The summed E-state index contributed by atoms with van der Waals surface area (Å²) in [7, 11) is 0. The summed E-state index contributed by atoms with van der Waals surface area (Å²) < 4.78 is 7.92. The van der Waals surface area contributed by atoms with E-state index in [9.17, 15) is 4.79 Å². The van der Waals surface area contributed by atoms with Crippen LogP contribution in [0.5, 0.6) is 0 Å². The van der Waals surface area contributed by atoms with E-state index in [1.54, 1.807) is 0 Å². The Labute approximate surface area is 127 Å². The second kappa shape index (κ2) is 6.07. The summed E-state index contributed by atoms with van der Waals surface area (Å²) >= 11 is 1.26. The van der Waals surface area contributed by atoms with Gasteiger partial charge in [0.2, 0.25) is 0 Å². The fourth-order valence-electron chi connectivity index (χ4n) is 2.79. The number of aromatic nitrogens is 2. The van der Waals surface area contributed by atoms with Crippen LogP contribution in [0.15, 0.2) is 29.4 Å². The van der Waals surface area contributed by atoms with Crippen molar-refractivity contribution in [2.45, 2.75) is 37.1 Å². The summed E-state index contributed by atoms with van der Waals surface area (Å²) in [5.74, 6) is -0.815. The van der Waals surface area contributed by atoms with E-state index in [1.165, 1.54) is 11.8 Å². The number of imidazole rings is 1. The fourth-order valence-corrected chi connectivity index (χ4v) is 3.61. The van der Waals surface area contributed by atoms with E-state index in [1.807, 2.05) is 24.3 Å². The molecule has 0 aliphatic carbocycles. The molecule has 1 N–H and O–H groups in total. The maximum absolute atomic E-state index is 10.8. The number of carboxylic acid groups (broad SMARTS) is 1. The predicted molar refractivity (Wildman–Crippen MR) is 81.8 cm³/mol. The summed E-state index contributed by atoms with van der Waals surface area (Å²) in [5.41, 5.74) is 1.93. The predicted octanol–water partition coefficient (Wildman–Crippen LogP) is 2.95. The number of carbonyl (C=O) groups is 1. The van der Waals surface area contributed by atoms with Gasteiger partial charge in [0.15, 0.2) is 5.16 Å². The van der Waals surface area contributed by atoms with Crippen LogP contribution >= 0.6 is 11.8 Å². The quantitative estimate of drug-likeness (QED) is 0.860. The van der Waals surface area contributed by atoms with E-state index in [-0.39, 0.29) is 17.9 Å². The highest BCUT2D eigenvalue weighted by Gasteiger charge is 2.27. The molecule has 112 valence electrons. The van der Waals surface area contributed by atoms with Crippen molar-refractivity contribution in [3.05, 3.63) is 24.3 Å². The molecule has 1 aromatic carbocycles. The SMILES string of the molecule is CC(C1CCCO1)n1c(SCC(=O)O)nc2ccccc21. The third kappa shape index (κ3) is 2.91. The lowest BCUT2D eigenvalue weighted by atomic mass is 10.1. The van der Waals surface area contributed by atoms with Crippen LogP contribution < -0.4 is 0 Å². The molecule has 2 atom stereocenters. The molecule has 1 saturated heterocycles. The van der Waals surface area contributed by atoms with Crippen molar-refractivity contribution >= 4 is 28.8 Å². The van der Waals surface area contributed by atoms with Gasteiger partial charge < -0.3 is 14.4 Å². The molecule has 1 aliphatic rings. The van der Waals surface area contributed by atoms with Crippen LogP contribution in [0.4, 0.5) is 0 Å². The normalized spacial score (nSPS) is 20.0. The first-order valence-corrected chi connectivity index (χ1v) is 8.08. The Bertz CT molecular complexity index is 649. The van der Waals surface area contributed by atoms with Crippen LogP contribution in [-0.2, 0) is 9.53 Å². The van der Waals surface area contributed by atoms with Crippen molar-refractivity contribution in [1.29, 1.82) is 0 Å². The lowest BCUT2D eigenvalue weighted by Crippen LogP contribution is -2.21. The average molecular weight is 306 g/mol. The van der Waals surface area contributed by atoms with Crippen LogP contribution in [0.2, 0.25) is 0 Å². The van der Waals surface area contributed by atoms with Crippen LogP contribution in [0.3, 0.4) is 0 Å². The Morgan fingerprint density at radius 3 is 3.10 bits per heavy atom. The number of fused-ring (bicyclic) bond motifs is 1. The van der Waals surface area contributed by atoms with Crippen molar-refractivity contribution in [3.63, 3.8) is 0 Å². The molecule has 2 aromatic rings. The maximum Gasteiger partial charge on any atom is 0.313 e. The minimum atomic E-state index is -0.830. The molecule has 0 radical (unpaired) electrons. The number of aliphatic carboxylic acids is 1. The largest absolute Gasteiger partial charge is 0.481 e. The minimum Gasteiger partial charge on any atom is -0.481 e. The lowest BCUT2D eigenvalue weighted by Gasteiger charge is -2.22. The van der Waals surface area contributed by atoms with Crippen LogP contribution in [-0.4, -0.2) is 39.1 Å². The number of carboxylic acids is 1. The van der Waals surface area contributed by atoms with Crippen molar-refractivity contribution in [1.82, 2.24) is 9.55 Å². The summed E-state index contributed by atoms with van der Waals surface area (Å²) in [6.45, 7) is 2.92. The number of thioether (sulfide) groups is 1. The number of hydrogen-bond donors (Lipinski definition) is 1. The van der Waals surface area contributed by atoms with E-state index in [0.29, 0.717) is 0 Å². The van der Waals surface area contributed by atoms with Gasteiger partial charge in [-0.3, -0.25) is 4.79 Å². The number of ether oxygens (including phenoxy) is 1. The van der Waals surface area contributed by atoms with Gasteiger partial charge in [0.25, 0.3) is 0 Å². The van der Waals surface area contributed by atoms with Crippen LogP contribution in [0.1, 0.15) is 25.8 Å². The molecule has 2 unspecified atom stereocenters. The zero-order chi connectivity index (χ0) is 14.8. The van der Waals surface area contributed by atoms with Crippen LogP contribution in [0.25, 0.3) is 11.0 Å². The molecule has 5 nitrogen and oxygen atoms in total. The van der Waals surface area contributed by atoms with Gasteiger partial charge in [-0.2, -0.15) is 0 Å². The van der Waals surface area contributed by atoms with Crippen molar-refractivity contribution in [2.75, 3.05) is 12.4 Å². The molecule has 1 fully saturated rings. The van der Waals surface area contributed by atoms with Gasteiger partial charge in [-0.1, -0.05) is 23.9 Å². The van der Waals surface area contributed by atoms with E-state index in [2.05, 4.69) is 16.5 Å². The van der Waals surface area contributed by atoms with Gasteiger partial charge in [-0.15, -0.1) is 0 Å². The van der Waals surface area contributed by atoms with E-state index in [4.69, 9.17) is 9.84 Å². The molecule has 0 bridgehead atoms. The van der Waals surface area contributed by atoms with Crippen LogP contribution in [0, 0.1) is 0 Å². The molecular weight excluding hydrogens is 288 g/mol. The highest BCUT2D eigenvalue weighted by atomic mass is 32.2. The molecular formula is C15H18N2O3S. The molecule has 3 rings (SSSR count). The second-order valence-electron chi connectivity index (χ2n) is 5.23. The topological polar surface area (TPSA) is 64.3 Å². The molecule has 0 saturated carbocycles. The van der Waals surface area contributed by atoms with E-state index in [0.717, 1.165) is 35.6 Å². The first kappa shape index (κ1) is 14.4. The van der Waals surface area contributed by atoms with Gasteiger partial charge >= 0.3 is 5.97 Å². The van der Waals surface area contributed by atoms with Gasteiger partial charge in [-0.05, 0) is 31.9 Å². The van der Waals surface area contributed by atoms with Gasteiger partial charge in [0.1, 0.15) is 0 Å². The van der Waals surface area contributed by atoms with E-state index >= 15 is 0 Å². The summed E-state index contributed by atoms with van der Waals surface area (Å²) in [6, 6.07) is 8.06. The third-order valence-corrected chi connectivity index (χ3v) is 4.74. The number of hydrogen-bond acceptors (Lipinski definition) is 4. The van der Waals surface area contributed by atoms with Gasteiger partial charge in [-0.25, -0.2) is 4.98 Å². The monoisotopic (exact) mass is 306 g/mol. The third-order valence-electron chi connectivity index (χ3n) is 3.80. The Morgan fingerprint density at radius 1 is 1.57 bits per heavy atom. The zero-order valence-corrected chi connectivity index (χ0v) is 12.7. The van der Waals surface area contributed by atoms with E-state index < -0.39 is 5.97 Å². The second-order valence-corrected chi connectivity index (χ2v) is 6.17. The fraction of sp³-hybridized carbons (Fsp3) is 0.467. The van der Waals surface area contributed by atoms with Crippen molar-refractivity contribution in [3.8, 4) is 0 Å². The molecule has 6 heteroatoms. The Kier molecular flexibility index (Phi) is 4.17. The molecule has 2 heterocycles. The first-order valence-electron chi connectivity index (χ1n) is 7.10. The highest BCUT2D eigenvalue weighted by Crippen LogP contribution is 2.32. The smallest absolute Gasteiger partial charge is 0.313 e. The first-order chi connectivity index (χ1) is 10.2. The number of benzene rings is 1. The molecule has 21 heavy (non-hydrogen) atoms. The Morgan fingerprint density at radius 2 is 2.38 bits per heavy atom. The maximum atomic E-state index is 10.8. The zero-order valence-electron chi connectivity index (χ0n) is 11.9. The lowest BCUT2D eigenvalue weighted by molar-refractivity contribution is -0.133. The van der Waals surface area contributed by atoms with Crippen molar-refractivity contribution < 1.29 is 14.6 Å². The summed E-state index contributed by atoms with van der Waals surface area (Å²) in [4.78, 5) is 15.4. The number of para-hydroxylation sites is 2.